The van der Waals surface area contributed by atoms with Crippen LogP contribution in [0.4, 0.5) is 0 Å². The maximum atomic E-state index is 12.4. The zero-order valence-electron chi connectivity index (χ0n) is 13.7. The minimum absolute atomic E-state index is 0.105. The Bertz CT molecular complexity index is 588. The number of ketones is 1. The number of amides is 1. The summed E-state index contributed by atoms with van der Waals surface area (Å²) in [4.78, 5) is 29.9. The van der Waals surface area contributed by atoms with E-state index in [2.05, 4.69) is 15.2 Å². The Labute approximate surface area is 136 Å². The summed E-state index contributed by atoms with van der Waals surface area (Å²) in [6.07, 6.45) is 3.23. The molecule has 2 heterocycles. The maximum Gasteiger partial charge on any atom is 0.268 e. The van der Waals surface area contributed by atoms with E-state index >= 15 is 0 Å². The van der Waals surface area contributed by atoms with E-state index < -0.39 is 0 Å². The number of Topliss-reactive ketones (excluding diaryl/α,β-unsaturated/α-hetero) is 1. The molecule has 1 aromatic rings. The summed E-state index contributed by atoms with van der Waals surface area (Å²) >= 11 is 0. The molecule has 126 valence electrons. The highest BCUT2D eigenvalue weighted by molar-refractivity contribution is 6.04. The van der Waals surface area contributed by atoms with Crippen molar-refractivity contribution in [1.82, 2.24) is 15.2 Å². The molecule has 1 amide bonds. The van der Waals surface area contributed by atoms with Crippen LogP contribution in [0.1, 0.15) is 51.4 Å². The molecule has 6 nitrogen and oxygen atoms in total. The van der Waals surface area contributed by atoms with Gasteiger partial charge in [0.25, 0.3) is 5.91 Å². The molecule has 0 radical (unpaired) electrons. The Morgan fingerprint density at radius 2 is 2.09 bits per heavy atom. The van der Waals surface area contributed by atoms with Crippen molar-refractivity contribution >= 4 is 11.7 Å². The highest BCUT2D eigenvalue weighted by Gasteiger charge is 2.26. The predicted molar refractivity (Wildman–Crippen MR) is 87.0 cm³/mol. The van der Waals surface area contributed by atoms with Crippen LogP contribution >= 0.6 is 0 Å². The average Bonchev–Trinajstić information content (AvgIpc) is 2.91. The number of fused-ring (bicyclic) bond motifs is 1. The number of aromatic nitrogens is 1. The van der Waals surface area contributed by atoms with Gasteiger partial charge in [-0.3, -0.25) is 14.5 Å². The summed E-state index contributed by atoms with van der Waals surface area (Å²) in [6, 6.07) is 0. The molecule has 1 aromatic heterocycles. The molecule has 6 heteroatoms. The number of aryl methyl sites for hydroxylation is 1. The number of aromatic amines is 1. The van der Waals surface area contributed by atoms with Crippen molar-refractivity contribution in [1.29, 1.82) is 0 Å². The fourth-order valence-corrected chi connectivity index (χ4v) is 3.42. The van der Waals surface area contributed by atoms with Crippen molar-refractivity contribution in [2.45, 2.75) is 32.6 Å². The van der Waals surface area contributed by atoms with Gasteiger partial charge in [0.15, 0.2) is 5.78 Å². The van der Waals surface area contributed by atoms with Crippen LogP contribution in [0.3, 0.4) is 0 Å². The number of ether oxygens (including phenoxy) is 1. The van der Waals surface area contributed by atoms with Crippen LogP contribution in [-0.2, 0) is 11.2 Å². The standard InChI is InChI=1S/C17H25N3O3/c1-12-15-13(4-2-5-14(15)21)19-16(12)17(22)18-6-3-7-20-8-10-23-11-9-20/h19H,2-11H2,1H3,(H,18,22). The van der Waals surface area contributed by atoms with Crippen LogP contribution in [0.2, 0.25) is 0 Å². The molecule has 0 spiro atoms. The van der Waals surface area contributed by atoms with E-state index in [4.69, 9.17) is 4.74 Å². The lowest BCUT2D eigenvalue weighted by Crippen LogP contribution is -2.38. The first kappa shape index (κ1) is 16.2. The van der Waals surface area contributed by atoms with Gasteiger partial charge < -0.3 is 15.0 Å². The van der Waals surface area contributed by atoms with E-state index in [9.17, 15) is 9.59 Å². The lowest BCUT2D eigenvalue weighted by atomic mass is 9.94. The van der Waals surface area contributed by atoms with E-state index in [1.807, 2.05) is 6.92 Å². The largest absolute Gasteiger partial charge is 0.379 e. The lowest BCUT2D eigenvalue weighted by Gasteiger charge is -2.26. The molecule has 2 aliphatic rings. The molecule has 3 rings (SSSR count). The Hall–Kier alpha value is -1.66. The molecule has 23 heavy (non-hydrogen) atoms. The number of nitrogens with one attached hydrogen (secondary N) is 2. The van der Waals surface area contributed by atoms with Crippen LogP contribution in [0, 0.1) is 6.92 Å². The Morgan fingerprint density at radius 3 is 2.83 bits per heavy atom. The van der Waals surface area contributed by atoms with Gasteiger partial charge in [-0.1, -0.05) is 0 Å². The van der Waals surface area contributed by atoms with Gasteiger partial charge in [-0.05, 0) is 38.3 Å². The van der Waals surface area contributed by atoms with Gasteiger partial charge in [0, 0.05) is 37.3 Å². The minimum Gasteiger partial charge on any atom is -0.379 e. The van der Waals surface area contributed by atoms with Crippen molar-refractivity contribution in [3.63, 3.8) is 0 Å². The van der Waals surface area contributed by atoms with Crippen LogP contribution in [-0.4, -0.2) is 61.0 Å². The summed E-state index contributed by atoms with van der Waals surface area (Å²) in [5, 5.41) is 2.96. The number of rotatable bonds is 5. The normalized spacial score (nSPS) is 18.7. The third kappa shape index (κ3) is 3.64. The predicted octanol–water partition coefficient (Wildman–Crippen LogP) is 1.29. The number of morpholine rings is 1. The molecule has 0 atom stereocenters. The molecule has 0 bridgehead atoms. The third-order valence-corrected chi connectivity index (χ3v) is 4.70. The van der Waals surface area contributed by atoms with Crippen molar-refractivity contribution in [2.75, 3.05) is 39.4 Å². The van der Waals surface area contributed by atoms with E-state index in [0.717, 1.165) is 68.9 Å². The second-order valence-corrected chi connectivity index (χ2v) is 6.32. The molecular weight excluding hydrogens is 294 g/mol. The number of nitrogens with zero attached hydrogens (tertiary/aromatic N) is 1. The fourth-order valence-electron chi connectivity index (χ4n) is 3.42. The van der Waals surface area contributed by atoms with E-state index in [1.165, 1.54) is 0 Å². The Morgan fingerprint density at radius 1 is 1.30 bits per heavy atom. The number of hydrogen-bond donors (Lipinski definition) is 2. The maximum absolute atomic E-state index is 12.4. The highest BCUT2D eigenvalue weighted by atomic mass is 16.5. The van der Waals surface area contributed by atoms with Crippen LogP contribution < -0.4 is 5.32 Å². The zero-order valence-corrected chi connectivity index (χ0v) is 13.7. The quantitative estimate of drug-likeness (QED) is 0.802. The van der Waals surface area contributed by atoms with E-state index in [1.54, 1.807) is 0 Å². The number of hydrogen-bond acceptors (Lipinski definition) is 4. The van der Waals surface area contributed by atoms with Gasteiger partial charge in [0.2, 0.25) is 0 Å². The summed E-state index contributed by atoms with van der Waals surface area (Å²) in [5.41, 5.74) is 3.03. The summed E-state index contributed by atoms with van der Waals surface area (Å²) in [7, 11) is 0. The van der Waals surface area contributed by atoms with E-state index in [0.29, 0.717) is 18.7 Å². The van der Waals surface area contributed by atoms with Gasteiger partial charge in [-0.15, -0.1) is 0 Å². The topological polar surface area (TPSA) is 74.4 Å². The van der Waals surface area contributed by atoms with Gasteiger partial charge >= 0.3 is 0 Å². The number of H-pyrrole nitrogens is 1. The second-order valence-electron chi connectivity index (χ2n) is 6.32. The molecular formula is C17H25N3O3. The van der Waals surface area contributed by atoms with Crippen molar-refractivity contribution < 1.29 is 14.3 Å². The van der Waals surface area contributed by atoms with Crippen LogP contribution in [0.15, 0.2) is 0 Å². The Balaban J connectivity index is 1.51. The summed E-state index contributed by atoms with van der Waals surface area (Å²) < 4.78 is 5.32. The highest BCUT2D eigenvalue weighted by Crippen LogP contribution is 2.26. The first-order valence-corrected chi connectivity index (χ1v) is 8.49. The van der Waals surface area contributed by atoms with Crippen molar-refractivity contribution in [3.05, 3.63) is 22.5 Å². The summed E-state index contributed by atoms with van der Waals surface area (Å²) in [6.45, 7) is 7.02. The first-order chi connectivity index (χ1) is 11.2. The third-order valence-electron chi connectivity index (χ3n) is 4.70. The minimum atomic E-state index is -0.105. The second kappa shape index (κ2) is 7.27. The molecule has 2 N–H and O–H groups in total. The van der Waals surface area contributed by atoms with Gasteiger partial charge in [0.05, 0.1) is 13.2 Å². The lowest BCUT2D eigenvalue weighted by molar-refractivity contribution is 0.0374. The fraction of sp³-hybridized carbons (Fsp3) is 0.647. The SMILES string of the molecule is Cc1c(C(=O)NCCCN2CCOCC2)[nH]c2c1C(=O)CCC2. The Kier molecular flexibility index (Phi) is 5.13. The zero-order chi connectivity index (χ0) is 16.2. The van der Waals surface area contributed by atoms with Crippen molar-refractivity contribution in [3.8, 4) is 0 Å². The number of carbonyl (C=O) groups excluding carboxylic acids is 2. The molecule has 0 unspecified atom stereocenters. The molecule has 0 saturated carbocycles. The van der Waals surface area contributed by atoms with Gasteiger partial charge in [-0.2, -0.15) is 0 Å². The smallest absolute Gasteiger partial charge is 0.268 e. The van der Waals surface area contributed by atoms with Gasteiger partial charge in [0.1, 0.15) is 5.69 Å². The molecule has 1 fully saturated rings. The summed E-state index contributed by atoms with van der Waals surface area (Å²) in [5.74, 6) is 0.0537. The number of carbonyl (C=O) groups is 2. The van der Waals surface area contributed by atoms with Crippen LogP contribution in [0.25, 0.3) is 0 Å². The molecule has 1 aliphatic carbocycles. The molecule has 0 aromatic carbocycles. The monoisotopic (exact) mass is 319 g/mol. The van der Waals surface area contributed by atoms with Gasteiger partial charge in [-0.25, -0.2) is 0 Å². The molecule has 1 saturated heterocycles. The average molecular weight is 319 g/mol. The van der Waals surface area contributed by atoms with E-state index in [-0.39, 0.29) is 11.7 Å². The van der Waals surface area contributed by atoms with Crippen molar-refractivity contribution in [2.24, 2.45) is 0 Å². The van der Waals surface area contributed by atoms with Crippen LogP contribution in [0.5, 0.6) is 0 Å². The first-order valence-electron chi connectivity index (χ1n) is 8.49. The molecule has 1 aliphatic heterocycles.